The lowest BCUT2D eigenvalue weighted by Crippen LogP contribution is -2.00. The Morgan fingerprint density at radius 3 is 2.40 bits per heavy atom. The van der Waals surface area contributed by atoms with Crippen LogP contribution in [0.4, 0.5) is 5.82 Å². The second kappa shape index (κ2) is 5.63. The zero-order valence-corrected chi connectivity index (χ0v) is 12.7. The molecule has 0 bridgehead atoms. The van der Waals surface area contributed by atoms with E-state index in [1.165, 1.54) is 0 Å². The van der Waals surface area contributed by atoms with Crippen molar-refractivity contribution in [2.75, 3.05) is 20.0 Å². The van der Waals surface area contributed by atoms with E-state index in [9.17, 15) is 0 Å². The standard InChI is InChI=1S/C14H18ClN3O2/c1-7(2)11-8(9-6-17-18-14(9)16)5-10(19-3)13(20-4)12(11)15/h5-7H,1-4H3,(H3,16,17,18). The zero-order chi connectivity index (χ0) is 14.9. The lowest BCUT2D eigenvalue weighted by atomic mass is 9.92. The lowest BCUT2D eigenvalue weighted by molar-refractivity contribution is 0.354. The molecular formula is C14H18ClN3O2. The van der Waals surface area contributed by atoms with Gasteiger partial charge < -0.3 is 15.2 Å². The number of nitrogens with zero attached hydrogens (tertiary/aromatic N) is 1. The molecular weight excluding hydrogens is 278 g/mol. The van der Waals surface area contributed by atoms with Crippen LogP contribution in [0.1, 0.15) is 25.3 Å². The molecule has 5 nitrogen and oxygen atoms in total. The van der Waals surface area contributed by atoms with Crippen LogP contribution in [0.2, 0.25) is 5.02 Å². The number of benzene rings is 1. The zero-order valence-electron chi connectivity index (χ0n) is 12.0. The van der Waals surface area contributed by atoms with E-state index in [1.54, 1.807) is 20.4 Å². The Morgan fingerprint density at radius 2 is 1.95 bits per heavy atom. The Morgan fingerprint density at radius 1 is 1.25 bits per heavy atom. The van der Waals surface area contributed by atoms with Crippen LogP contribution in [0.25, 0.3) is 11.1 Å². The van der Waals surface area contributed by atoms with Crippen molar-refractivity contribution < 1.29 is 9.47 Å². The first-order valence-corrected chi connectivity index (χ1v) is 6.62. The number of H-pyrrole nitrogens is 1. The van der Waals surface area contributed by atoms with E-state index in [-0.39, 0.29) is 5.92 Å². The molecule has 108 valence electrons. The van der Waals surface area contributed by atoms with Gasteiger partial charge in [0.25, 0.3) is 0 Å². The number of hydrogen-bond donors (Lipinski definition) is 2. The Balaban J connectivity index is 2.79. The molecule has 3 N–H and O–H groups in total. The molecule has 0 atom stereocenters. The van der Waals surface area contributed by atoms with Gasteiger partial charge in [-0.05, 0) is 23.1 Å². The summed E-state index contributed by atoms with van der Waals surface area (Å²) in [5, 5.41) is 7.23. The maximum Gasteiger partial charge on any atom is 0.179 e. The second-order valence-corrected chi connectivity index (χ2v) is 5.12. The molecule has 0 spiro atoms. The molecule has 0 radical (unpaired) electrons. The van der Waals surface area contributed by atoms with Gasteiger partial charge in [0, 0.05) is 5.56 Å². The van der Waals surface area contributed by atoms with Gasteiger partial charge in [-0.2, -0.15) is 5.10 Å². The van der Waals surface area contributed by atoms with E-state index in [2.05, 4.69) is 24.0 Å². The van der Waals surface area contributed by atoms with Gasteiger partial charge in [-0.1, -0.05) is 25.4 Å². The predicted molar refractivity (Wildman–Crippen MR) is 80.6 cm³/mol. The smallest absolute Gasteiger partial charge is 0.179 e. The van der Waals surface area contributed by atoms with Crippen LogP contribution in [0, 0.1) is 0 Å². The van der Waals surface area contributed by atoms with Gasteiger partial charge in [-0.15, -0.1) is 0 Å². The van der Waals surface area contributed by atoms with Crippen molar-refractivity contribution in [2.45, 2.75) is 19.8 Å². The lowest BCUT2D eigenvalue weighted by Gasteiger charge is -2.19. The van der Waals surface area contributed by atoms with Crippen molar-refractivity contribution in [3.63, 3.8) is 0 Å². The number of rotatable bonds is 4. The molecule has 6 heteroatoms. The van der Waals surface area contributed by atoms with Crippen molar-refractivity contribution >= 4 is 17.4 Å². The van der Waals surface area contributed by atoms with Crippen LogP contribution in [0.5, 0.6) is 11.5 Å². The molecule has 2 aromatic rings. The van der Waals surface area contributed by atoms with Crippen LogP contribution in [0.3, 0.4) is 0 Å². The molecule has 2 rings (SSSR count). The van der Waals surface area contributed by atoms with Crippen LogP contribution in [-0.2, 0) is 0 Å². The van der Waals surface area contributed by atoms with Gasteiger partial charge in [0.1, 0.15) is 5.82 Å². The summed E-state index contributed by atoms with van der Waals surface area (Å²) in [5.41, 5.74) is 8.58. The number of nitrogens with one attached hydrogen (secondary N) is 1. The number of hydrogen-bond acceptors (Lipinski definition) is 4. The molecule has 1 aromatic carbocycles. The van der Waals surface area contributed by atoms with Crippen molar-refractivity contribution in [3.8, 4) is 22.6 Å². The number of nitrogen functional groups attached to an aromatic ring is 1. The molecule has 1 heterocycles. The van der Waals surface area contributed by atoms with Gasteiger partial charge in [0.15, 0.2) is 11.5 Å². The molecule has 0 aliphatic heterocycles. The summed E-state index contributed by atoms with van der Waals surface area (Å²) in [6.45, 7) is 4.12. The SMILES string of the molecule is COc1cc(-c2cn[nH]c2N)c(C(C)C)c(Cl)c1OC. The minimum atomic E-state index is 0.201. The molecule has 0 fully saturated rings. The first-order chi connectivity index (χ1) is 9.51. The number of methoxy groups -OCH3 is 2. The van der Waals surface area contributed by atoms with Crippen LogP contribution in [0.15, 0.2) is 12.3 Å². The number of aromatic nitrogens is 2. The molecule has 0 amide bonds. The summed E-state index contributed by atoms with van der Waals surface area (Å²) in [6, 6.07) is 1.88. The quantitative estimate of drug-likeness (QED) is 0.906. The van der Waals surface area contributed by atoms with E-state index in [4.69, 9.17) is 26.8 Å². The first kappa shape index (κ1) is 14.5. The predicted octanol–water partition coefficient (Wildman–Crippen LogP) is 3.45. The maximum absolute atomic E-state index is 6.49. The van der Waals surface area contributed by atoms with Gasteiger partial charge in [0.2, 0.25) is 0 Å². The molecule has 1 aromatic heterocycles. The summed E-state index contributed by atoms with van der Waals surface area (Å²) in [6.07, 6.45) is 1.68. The van der Waals surface area contributed by atoms with Crippen molar-refractivity contribution in [1.29, 1.82) is 0 Å². The highest BCUT2D eigenvalue weighted by Crippen LogP contribution is 2.46. The highest BCUT2D eigenvalue weighted by molar-refractivity contribution is 6.33. The van der Waals surface area contributed by atoms with Crippen molar-refractivity contribution in [3.05, 3.63) is 22.8 Å². The topological polar surface area (TPSA) is 73.2 Å². The molecule has 0 unspecified atom stereocenters. The fourth-order valence-electron chi connectivity index (χ4n) is 2.26. The minimum absolute atomic E-state index is 0.201. The third kappa shape index (κ3) is 2.29. The average Bonchev–Trinajstić information content (AvgIpc) is 2.83. The number of nitrogens with two attached hydrogens (primary N) is 1. The summed E-state index contributed by atoms with van der Waals surface area (Å²) < 4.78 is 10.7. The Hall–Kier alpha value is -1.88. The largest absolute Gasteiger partial charge is 0.493 e. The second-order valence-electron chi connectivity index (χ2n) is 4.74. The highest BCUT2D eigenvalue weighted by Gasteiger charge is 2.22. The first-order valence-electron chi connectivity index (χ1n) is 6.24. The van der Waals surface area contributed by atoms with Crippen molar-refractivity contribution in [1.82, 2.24) is 10.2 Å². The summed E-state index contributed by atoms with van der Waals surface area (Å²) in [4.78, 5) is 0. The molecule has 0 aliphatic carbocycles. The molecule has 0 aliphatic rings. The summed E-state index contributed by atoms with van der Waals surface area (Å²) in [5.74, 6) is 1.79. The van der Waals surface area contributed by atoms with E-state index >= 15 is 0 Å². The van der Waals surface area contributed by atoms with E-state index < -0.39 is 0 Å². The third-order valence-electron chi connectivity index (χ3n) is 3.19. The van der Waals surface area contributed by atoms with E-state index in [1.807, 2.05) is 6.07 Å². The third-order valence-corrected chi connectivity index (χ3v) is 3.56. The normalized spacial score (nSPS) is 10.9. The number of ether oxygens (including phenoxy) is 2. The van der Waals surface area contributed by atoms with Gasteiger partial charge in [-0.3, -0.25) is 5.10 Å². The van der Waals surface area contributed by atoms with Crippen LogP contribution < -0.4 is 15.2 Å². The average molecular weight is 296 g/mol. The maximum atomic E-state index is 6.49. The van der Waals surface area contributed by atoms with Crippen molar-refractivity contribution in [2.24, 2.45) is 0 Å². The Kier molecular flexibility index (Phi) is 4.09. The van der Waals surface area contributed by atoms with E-state index in [0.717, 1.165) is 16.7 Å². The number of anilines is 1. The Labute approximate surface area is 123 Å². The van der Waals surface area contributed by atoms with Gasteiger partial charge in [0.05, 0.1) is 25.4 Å². The van der Waals surface area contributed by atoms with Gasteiger partial charge >= 0.3 is 0 Å². The number of halogens is 1. The van der Waals surface area contributed by atoms with Crippen LogP contribution >= 0.6 is 11.6 Å². The fraction of sp³-hybridized carbons (Fsp3) is 0.357. The van der Waals surface area contributed by atoms with Crippen LogP contribution in [-0.4, -0.2) is 24.4 Å². The fourth-order valence-corrected chi connectivity index (χ4v) is 2.75. The number of aromatic amines is 1. The monoisotopic (exact) mass is 295 g/mol. The summed E-state index contributed by atoms with van der Waals surface area (Å²) in [7, 11) is 3.14. The molecule has 0 saturated carbocycles. The molecule has 20 heavy (non-hydrogen) atoms. The highest BCUT2D eigenvalue weighted by atomic mass is 35.5. The minimum Gasteiger partial charge on any atom is -0.493 e. The van der Waals surface area contributed by atoms with Gasteiger partial charge in [-0.25, -0.2) is 0 Å². The Bertz CT molecular complexity index is 623. The molecule has 0 saturated heterocycles. The van der Waals surface area contributed by atoms with E-state index in [0.29, 0.717) is 22.3 Å². The summed E-state index contributed by atoms with van der Waals surface area (Å²) >= 11 is 6.49.